The van der Waals surface area contributed by atoms with E-state index in [9.17, 15) is 14.4 Å². The largest absolute Gasteiger partial charge is 0.342 e. The van der Waals surface area contributed by atoms with Crippen LogP contribution in [0.4, 0.5) is 0 Å². The quantitative estimate of drug-likeness (QED) is 0.692. The van der Waals surface area contributed by atoms with Gasteiger partial charge in [-0.25, -0.2) is 0 Å². The minimum Gasteiger partial charge on any atom is -0.342 e. The molecule has 2 fully saturated rings. The van der Waals surface area contributed by atoms with E-state index in [1.54, 1.807) is 29.2 Å². The molecule has 0 N–H and O–H groups in total. The van der Waals surface area contributed by atoms with Crippen LogP contribution in [0.5, 0.6) is 0 Å². The zero-order chi connectivity index (χ0) is 23.3. The fraction of sp³-hybridized carbons (Fsp3) is 0.423. The van der Waals surface area contributed by atoms with Gasteiger partial charge in [0.2, 0.25) is 5.91 Å². The molecule has 7 heteroatoms. The van der Waals surface area contributed by atoms with Gasteiger partial charge in [0.25, 0.3) is 11.8 Å². The molecule has 1 spiro atoms. The zero-order valence-electron chi connectivity index (χ0n) is 19.0. The van der Waals surface area contributed by atoms with Crippen LogP contribution in [0.2, 0.25) is 5.02 Å². The van der Waals surface area contributed by atoms with Gasteiger partial charge in [0.05, 0.1) is 11.5 Å². The number of rotatable bonds is 3. The van der Waals surface area contributed by atoms with E-state index in [-0.39, 0.29) is 23.8 Å². The lowest BCUT2D eigenvalue weighted by molar-refractivity contribution is -0.141. The van der Waals surface area contributed by atoms with Crippen molar-refractivity contribution in [3.63, 3.8) is 0 Å². The Hall–Kier alpha value is -2.86. The summed E-state index contributed by atoms with van der Waals surface area (Å²) in [6, 6.07) is 14.2. The molecule has 0 aromatic heterocycles. The first-order valence-electron chi connectivity index (χ1n) is 11.6. The number of hydrogen-bond donors (Lipinski definition) is 0. The van der Waals surface area contributed by atoms with Crippen LogP contribution in [0, 0.1) is 0 Å². The summed E-state index contributed by atoms with van der Waals surface area (Å²) in [5.74, 6) is -0.595. The molecule has 1 unspecified atom stereocenters. The van der Waals surface area contributed by atoms with Gasteiger partial charge in [0.1, 0.15) is 0 Å². The van der Waals surface area contributed by atoms with Gasteiger partial charge >= 0.3 is 0 Å². The van der Waals surface area contributed by atoms with Crippen molar-refractivity contribution in [3.8, 4) is 0 Å². The molecular weight excluding hydrogens is 438 g/mol. The van der Waals surface area contributed by atoms with Crippen LogP contribution in [0.1, 0.15) is 58.9 Å². The number of amides is 3. The van der Waals surface area contributed by atoms with Crippen molar-refractivity contribution >= 4 is 29.3 Å². The predicted molar refractivity (Wildman–Crippen MR) is 126 cm³/mol. The Morgan fingerprint density at radius 3 is 2.24 bits per heavy atom. The van der Waals surface area contributed by atoms with Crippen molar-refractivity contribution < 1.29 is 14.4 Å². The van der Waals surface area contributed by atoms with Crippen LogP contribution in [0.25, 0.3) is 0 Å². The minimum absolute atomic E-state index is 0.0651. The van der Waals surface area contributed by atoms with Crippen LogP contribution in [0.3, 0.4) is 0 Å². The molecule has 33 heavy (non-hydrogen) atoms. The number of benzene rings is 2. The summed E-state index contributed by atoms with van der Waals surface area (Å²) in [4.78, 5) is 46.2. The molecule has 5 rings (SSSR count). The van der Waals surface area contributed by atoms with Crippen molar-refractivity contribution in [3.05, 3.63) is 70.2 Å². The molecule has 1 atom stereocenters. The molecular formula is C26H28ClN3O3. The highest BCUT2D eigenvalue weighted by Gasteiger charge is 2.62. The third-order valence-electron chi connectivity index (χ3n) is 7.23. The average molecular weight is 466 g/mol. The lowest BCUT2D eigenvalue weighted by Gasteiger charge is -2.62. The third-order valence-corrected chi connectivity index (χ3v) is 7.48. The van der Waals surface area contributed by atoms with Crippen LogP contribution in [-0.2, 0) is 4.79 Å². The molecule has 2 aromatic rings. The number of nitrogens with zero attached hydrogens (tertiary/aromatic N) is 3. The van der Waals surface area contributed by atoms with E-state index in [0.717, 1.165) is 31.5 Å². The van der Waals surface area contributed by atoms with E-state index in [4.69, 9.17) is 11.6 Å². The Morgan fingerprint density at radius 2 is 1.61 bits per heavy atom. The molecule has 2 aromatic carbocycles. The molecule has 3 amide bonds. The minimum atomic E-state index is -0.749. The first-order valence-corrected chi connectivity index (χ1v) is 12.0. The van der Waals surface area contributed by atoms with Gasteiger partial charge < -0.3 is 14.7 Å². The maximum Gasteiger partial charge on any atom is 0.255 e. The van der Waals surface area contributed by atoms with Gasteiger partial charge in [-0.15, -0.1) is 0 Å². The second-order valence-corrected chi connectivity index (χ2v) is 10.0. The highest BCUT2D eigenvalue weighted by molar-refractivity contribution is 6.30. The van der Waals surface area contributed by atoms with Gasteiger partial charge in [0.15, 0.2) is 0 Å². The molecule has 172 valence electrons. The number of halogens is 1. The summed E-state index contributed by atoms with van der Waals surface area (Å²) in [7, 11) is 0. The maximum atomic E-state index is 13.9. The van der Waals surface area contributed by atoms with Crippen molar-refractivity contribution in [1.82, 2.24) is 14.7 Å². The number of likely N-dealkylation sites (tertiary alicyclic amines) is 2. The summed E-state index contributed by atoms with van der Waals surface area (Å²) in [5, 5.41) is 0.573. The van der Waals surface area contributed by atoms with E-state index in [0.29, 0.717) is 29.2 Å². The van der Waals surface area contributed by atoms with E-state index in [1.807, 2.05) is 47.9 Å². The summed E-state index contributed by atoms with van der Waals surface area (Å²) < 4.78 is 0. The Morgan fingerprint density at radius 1 is 0.970 bits per heavy atom. The number of hydrogen-bond acceptors (Lipinski definition) is 3. The Bertz CT molecular complexity index is 1100. The van der Waals surface area contributed by atoms with Gasteiger partial charge in [-0.3, -0.25) is 14.4 Å². The number of carbonyl (C=O) groups is 3. The van der Waals surface area contributed by atoms with Crippen molar-refractivity contribution in [2.75, 3.05) is 26.2 Å². The molecule has 3 heterocycles. The normalized spacial score (nSPS) is 21.4. The molecule has 0 saturated carbocycles. The molecule has 6 nitrogen and oxygen atoms in total. The van der Waals surface area contributed by atoms with Gasteiger partial charge in [0, 0.05) is 48.4 Å². The molecule has 3 aliphatic rings. The maximum absolute atomic E-state index is 13.9. The van der Waals surface area contributed by atoms with Gasteiger partial charge in [-0.05, 0) is 62.6 Å². The summed E-state index contributed by atoms with van der Waals surface area (Å²) in [5.41, 5.74) is 1.18. The smallest absolute Gasteiger partial charge is 0.255 e. The Labute approximate surface area is 199 Å². The van der Waals surface area contributed by atoms with Crippen LogP contribution >= 0.6 is 11.6 Å². The Balaban J connectivity index is 1.55. The summed E-state index contributed by atoms with van der Waals surface area (Å²) >= 11 is 5.98. The summed E-state index contributed by atoms with van der Waals surface area (Å²) in [6.45, 7) is 6.12. The molecule has 0 aliphatic carbocycles. The standard InChI is InChI=1S/C26H28ClN3O3/c1-17(2)30-24(32)21-8-4-3-7-20(21)22(25(33)28-13-5-6-14-28)26(30)15-29(16-26)23(31)18-9-11-19(27)12-10-18/h3-4,7-12,17,22H,5-6,13-16H2,1-2H3. The average Bonchev–Trinajstić information content (AvgIpc) is 3.31. The van der Waals surface area contributed by atoms with Crippen molar-refractivity contribution in [2.45, 2.75) is 44.2 Å². The van der Waals surface area contributed by atoms with Crippen molar-refractivity contribution in [1.29, 1.82) is 0 Å². The molecule has 0 bridgehead atoms. The lowest BCUT2D eigenvalue weighted by Crippen LogP contribution is -2.78. The summed E-state index contributed by atoms with van der Waals surface area (Å²) in [6.07, 6.45) is 2.00. The van der Waals surface area contributed by atoms with Gasteiger partial charge in [-0.1, -0.05) is 29.8 Å². The first kappa shape index (κ1) is 22.0. The van der Waals surface area contributed by atoms with E-state index < -0.39 is 11.5 Å². The Kier molecular flexibility index (Phi) is 5.44. The second-order valence-electron chi connectivity index (χ2n) is 9.59. The lowest BCUT2D eigenvalue weighted by atomic mass is 9.67. The fourth-order valence-corrected chi connectivity index (χ4v) is 5.93. The third kappa shape index (κ3) is 3.43. The van der Waals surface area contributed by atoms with Crippen LogP contribution in [0.15, 0.2) is 48.5 Å². The van der Waals surface area contributed by atoms with E-state index in [2.05, 4.69) is 0 Å². The topological polar surface area (TPSA) is 60.9 Å². The number of carbonyl (C=O) groups excluding carboxylic acids is 3. The highest BCUT2D eigenvalue weighted by Crippen LogP contribution is 2.48. The molecule has 0 radical (unpaired) electrons. The first-order chi connectivity index (χ1) is 15.8. The van der Waals surface area contributed by atoms with E-state index >= 15 is 0 Å². The zero-order valence-corrected chi connectivity index (χ0v) is 19.7. The van der Waals surface area contributed by atoms with Crippen LogP contribution in [-0.4, -0.2) is 70.2 Å². The van der Waals surface area contributed by atoms with Crippen molar-refractivity contribution in [2.24, 2.45) is 0 Å². The molecule has 2 saturated heterocycles. The molecule has 3 aliphatic heterocycles. The van der Waals surface area contributed by atoms with Gasteiger partial charge in [-0.2, -0.15) is 0 Å². The SMILES string of the molecule is CC(C)N1C(=O)c2ccccc2C(C(=O)N2CCCC2)C12CN(C(=O)c1ccc(Cl)cc1)C2. The monoisotopic (exact) mass is 465 g/mol. The second kappa shape index (κ2) is 8.17. The highest BCUT2D eigenvalue weighted by atomic mass is 35.5. The predicted octanol–water partition coefficient (Wildman–Crippen LogP) is 3.81. The fourth-order valence-electron chi connectivity index (χ4n) is 5.80. The van der Waals surface area contributed by atoms with E-state index in [1.165, 1.54) is 0 Å². The van der Waals surface area contributed by atoms with Crippen LogP contribution < -0.4 is 0 Å². The number of fused-ring (bicyclic) bond motifs is 1.